The number of rotatable bonds is 6. The number of hydrogen-bond donors (Lipinski definition) is 2. The van der Waals surface area contributed by atoms with E-state index in [1.807, 2.05) is 0 Å². The lowest BCUT2D eigenvalue weighted by atomic mass is 10.1. The fourth-order valence-corrected chi connectivity index (χ4v) is 2.66. The minimum atomic E-state index is -3.28. The predicted octanol–water partition coefficient (Wildman–Crippen LogP) is 0.126. The molecule has 1 aliphatic heterocycles. The van der Waals surface area contributed by atoms with Gasteiger partial charge in [-0.15, -0.1) is 0 Å². The van der Waals surface area contributed by atoms with E-state index in [4.69, 9.17) is 4.74 Å². The molecule has 0 atom stereocenters. The standard InChI is InChI=1S/C11H20N2O4S/c1-3-13-18(15,16)8-6-12-11(14)10-5-4-7-17-9(10)2/h13H,3-8H2,1-2H3,(H,12,14). The molecule has 0 unspecified atom stereocenters. The number of carbonyl (C=O) groups is 1. The molecule has 1 aliphatic rings. The quantitative estimate of drug-likeness (QED) is 0.722. The molecule has 0 bridgehead atoms. The van der Waals surface area contributed by atoms with Crippen LogP contribution in [0.1, 0.15) is 26.7 Å². The molecule has 1 amide bonds. The van der Waals surface area contributed by atoms with Crippen molar-refractivity contribution in [1.82, 2.24) is 10.0 Å². The Morgan fingerprint density at radius 3 is 2.78 bits per heavy atom. The maximum absolute atomic E-state index is 11.8. The first-order valence-electron chi connectivity index (χ1n) is 6.04. The summed E-state index contributed by atoms with van der Waals surface area (Å²) >= 11 is 0. The first-order chi connectivity index (χ1) is 8.46. The highest BCUT2D eigenvalue weighted by Crippen LogP contribution is 2.18. The van der Waals surface area contributed by atoms with E-state index in [2.05, 4.69) is 10.0 Å². The topological polar surface area (TPSA) is 84.5 Å². The molecule has 0 saturated carbocycles. The number of allylic oxidation sites excluding steroid dienone is 1. The van der Waals surface area contributed by atoms with Gasteiger partial charge in [-0.2, -0.15) is 0 Å². The SMILES string of the molecule is CCNS(=O)(=O)CCNC(=O)C1=C(C)OCCC1. The van der Waals surface area contributed by atoms with Gasteiger partial charge in [-0.05, 0) is 19.8 Å². The van der Waals surface area contributed by atoms with Crippen molar-refractivity contribution in [3.05, 3.63) is 11.3 Å². The monoisotopic (exact) mass is 276 g/mol. The summed E-state index contributed by atoms with van der Waals surface area (Å²) < 4.78 is 30.4. The number of carbonyl (C=O) groups excluding carboxylic acids is 1. The number of ether oxygens (including phenoxy) is 1. The van der Waals surface area contributed by atoms with Crippen molar-refractivity contribution < 1.29 is 17.9 Å². The van der Waals surface area contributed by atoms with E-state index in [1.165, 1.54) is 0 Å². The normalized spacial score (nSPS) is 16.3. The van der Waals surface area contributed by atoms with Crippen molar-refractivity contribution in [1.29, 1.82) is 0 Å². The molecule has 1 heterocycles. The van der Waals surface area contributed by atoms with E-state index in [-0.39, 0.29) is 18.2 Å². The average molecular weight is 276 g/mol. The second-order valence-electron chi connectivity index (χ2n) is 4.06. The Morgan fingerprint density at radius 2 is 2.17 bits per heavy atom. The Balaban J connectivity index is 2.42. The van der Waals surface area contributed by atoms with E-state index in [1.54, 1.807) is 13.8 Å². The van der Waals surface area contributed by atoms with Gasteiger partial charge in [0, 0.05) is 13.1 Å². The Labute approximate surface area is 108 Å². The number of amides is 1. The van der Waals surface area contributed by atoms with Crippen LogP contribution in [0.15, 0.2) is 11.3 Å². The van der Waals surface area contributed by atoms with Gasteiger partial charge in [-0.1, -0.05) is 6.92 Å². The Morgan fingerprint density at radius 1 is 1.44 bits per heavy atom. The summed E-state index contributed by atoms with van der Waals surface area (Å²) in [4.78, 5) is 11.8. The zero-order valence-corrected chi connectivity index (χ0v) is 11.6. The molecule has 1 rings (SSSR count). The van der Waals surface area contributed by atoms with Crippen molar-refractivity contribution >= 4 is 15.9 Å². The molecule has 18 heavy (non-hydrogen) atoms. The van der Waals surface area contributed by atoms with Crippen LogP contribution in [-0.2, 0) is 19.6 Å². The smallest absolute Gasteiger partial charge is 0.250 e. The van der Waals surface area contributed by atoms with Crippen LogP contribution in [0.25, 0.3) is 0 Å². The van der Waals surface area contributed by atoms with Crippen LogP contribution in [-0.4, -0.2) is 39.8 Å². The Hall–Kier alpha value is -1.08. The summed E-state index contributed by atoms with van der Waals surface area (Å²) in [5.41, 5.74) is 0.613. The molecule has 0 spiro atoms. The van der Waals surface area contributed by atoms with Gasteiger partial charge in [0.25, 0.3) is 5.91 Å². The number of hydrogen-bond acceptors (Lipinski definition) is 4. The van der Waals surface area contributed by atoms with Crippen LogP contribution in [0.5, 0.6) is 0 Å². The lowest BCUT2D eigenvalue weighted by Gasteiger charge is -2.18. The van der Waals surface area contributed by atoms with Gasteiger partial charge in [-0.25, -0.2) is 13.1 Å². The maximum atomic E-state index is 11.8. The first-order valence-corrected chi connectivity index (χ1v) is 7.69. The molecule has 6 nitrogen and oxygen atoms in total. The van der Waals surface area contributed by atoms with Gasteiger partial charge in [0.05, 0.1) is 17.9 Å². The molecule has 2 N–H and O–H groups in total. The van der Waals surface area contributed by atoms with Crippen molar-refractivity contribution in [2.75, 3.05) is 25.4 Å². The van der Waals surface area contributed by atoms with Crippen LogP contribution in [0.4, 0.5) is 0 Å². The second kappa shape index (κ2) is 6.75. The zero-order valence-electron chi connectivity index (χ0n) is 10.8. The minimum Gasteiger partial charge on any atom is -0.498 e. The van der Waals surface area contributed by atoms with Crippen LogP contribution in [0, 0.1) is 0 Å². The summed E-state index contributed by atoms with van der Waals surface area (Å²) in [7, 11) is -3.28. The van der Waals surface area contributed by atoms with Crippen LogP contribution >= 0.6 is 0 Å². The zero-order chi connectivity index (χ0) is 13.6. The lowest BCUT2D eigenvalue weighted by molar-refractivity contribution is -0.118. The van der Waals surface area contributed by atoms with E-state index in [0.29, 0.717) is 30.9 Å². The molecule has 0 aliphatic carbocycles. The van der Waals surface area contributed by atoms with Gasteiger partial charge in [-0.3, -0.25) is 4.79 Å². The predicted molar refractivity (Wildman–Crippen MR) is 68.4 cm³/mol. The van der Waals surface area contributed by atoms with Crippen molar-refractivity contribution in [2.45, 2.75) is 26.7 Å². The van der Waals surface area contributed by atoms with Gasteiger partial charge >= 0.3 is 0 Å². The largest absolute Gasteiger partial charge is 0.498 e. The first kappa shape index (κ1) is 15.0. The molecular weight excluding hydrogens is 256 g/mol. The van der Waals surface area contributed by atoms with Gasteiger partial charge < -0.3 is 10.1 Å². The number of sulfonamides is 1. The molecule has 104 valence electrons. The summed E-state index contributed by atoms with van der Waals surface area (Å²) in [5, 5.41) is 2.60. The van der Waals surface area contributed by atoms with E-state index in [0.717, 1.165) is 6.42 Å². The number of nitrogens with one attached hydrogen (secondary N) is 2. The third-order valence-corrected chi connectivity index (χ3v) is 4.08. The molecule has 0 saturated heterocycles. The van der Waals surface area contributed by atoms with Crippen LogP contribution < -0.4 is 10.0 Å². The van der Waals surface area contributed by atoms with E-state index < -0.39 is 10.0 Å². The molecule has 0 radical (unpaired) electrons. The van der Waals surface area contributed by atoms with Gasteiger partial charge in [0.2, 0.25) is 10.0 Å². The summed E-state index contributed by atoms with van der Waals surface area (Å²) in [6.07, 6.45) is 1.49. The van der Waals surface area contributed by atoms with E-state index in [9.17, 15) is 13.2 Å². The summed E-state index contributed by atoms with van der Waals surface area (Å²) in [6.45, 7) is 4.56. The molecule has 0 aromatic heterocycles. The highest BCUT2D eigenvalue weighted by atomic mass is 32.2. The van der Waals surface area contributed by atoms with E-state index >= 15 is 0 Å². The molecule has 0 fully saturated rings. The summed E-state index contributed by atoms with van der Waals surface area (Å²) in [5.74, 6) is 0.284. The molecular formula is C11H20N2O4S. The Bertz CT molecular complexity index is 428. The second-order valence-corrected chi connectivity index (χ2v) is 5.99. The van der Waals surface area contributed by atoms with Crippen molar-refractivity contribution in [2.24, 2.45) is 0 Å². The van der Waals surface area contributed by atoms with Crippen molar-refractivity contribution in [3.63, 3.8) is 0 Å². The van der Waals surface area contributed by atoms with Gasteiger partial charge in [0.15, 0.2) is 0 Å². The summed E-state index contributed by atoms with van der Waals surface area (Å²) in [6, 6.07) is 0. The third-order valence-electron chi connectivity index (χ3n) is 2.61. The van der Waals surface area contributed by atoms with Crippen LogP contribution in [0.3, 0.4) is 0 Å². The highest BCUT2D eigenvalue weighted by molar-refractivity contribution is 7.89. The minimum absolute atomic E-state index is 0.102. The molecule has 7 heteroatoms. The van der Waals surface area contributed by atoms with Crippen molar-refractivity contribution in [3.8, 4) is 0 Å². The van der Waals surface area contributed by atoms with Gasteiger partial charge in [0.1, 0.15) is 5.76 Å². The molecule has 0 aromatic carbocycles. The van der Waals surface area contributed by atoms with Crippen LogP contribution in [0.2, 0.25) is 0 Å². The highest BCUT2D eigenvalue weighted by Gasteiger charge is 2.18. The fourth-order valence-electron chi connectivity index (χ4n) is 1.71. The average Bonchev–Trinajstić information content (AvgIpc) is 2.29. The fraction of sp³-hybridized carbons (Fsp3) is 0.727. The maximum Gasteiger partial charge on any atom is 0.250 e. The lowest BCUT2D eigenvalue weighted by Crippen LogP contribution is -2.35. The Kier molecular flexibility index (Phi) is 5.61. The molecule has 0 aromatic rings. The third kappa shape index (κ3) is 4.66.